The first-order chi connectivity index (χ1) is 8.19. The summed E-state index contributed by atoms with van der Waals surface area (Å²) in [5, 5.41) is 3.73. The van der Waals surface area contributed by atoms with Crippen LogP contribution in [0, 0.1) is 9.49 Å². The van der Waals surface area contributed by atoms with Gasteiger partial charge < -0.3 is 10.2 Å². The number of para-hydroxylation sites is 1. The first-order valence-corrected chi connectivity index (χ1v) is 7.51. The number of anilines is 1. The molecular formula is C14H19IN2. The number of halogens is 1. The van der Waals surface area contributed by atoms with Gasteiger partial charge in [0.05, 0.1) is 5.69 Å². The molecule has 1 unspecified atom stereocenters. The summed E-state index contributed by atoms with van der Waals surface area (Å²) in [6, 6.07) is 8.72. The molecule has 1 aliphatic heterocycles. The van der Waals surface area contributed by atoms with Crippen molar-refractivity contribution in [1.29, 1.82) is 0 Å². The Morgan fingerprint density at radius 3 is 2.82 bits per heavy atom. The van der Waals surface area contributed by atoms with E-state index in [1.807, 2.05) is 0 Å². The molecule has 0 amide bonds. The Balaban J connectivity index is 1.82. The number of hydrogen-bond acceptors (Lipinski definition) is 2. The number of benzene rings is 1. The normalized spacial score (nSPS) is 29.4. The molecule has 2 aliphatic rings. The van der Waals surface area contributed by atoms with E-state index in [0.29, 0.717) is 5.54 Å². The topological polar surface area (TPSA) is 15.3 Å². The van der Waals surface area contributed by atoms with Crippen LogP contribution in [-0.4, -0.2) is 25.2 Å². The molecule has 1 aromatic carbocycles. The Morgan fingerprint density at radius 2 is 2.12 bits per heavy atom. The van der Waals surface area contributed by atoms with Gasteiger partial charge in [0.25, 0.3) is 0 Å². The molecule has 0 bridgehead atoms. The number of piperazine rings is 1. The van der Waals surface area contributed by atoms with Crippen molar-refractivity contribution in [3.05, 3.63) is 27.8 Å². The summed E-state index contributed by atoms with van der Waals surface area (Å²) < 4.78 is 1.37. The molecule has 1 N–H and O–H groups in total. The molecule has 0 radical (unpaired) electrons. The van der Waals surface area contributed by atoms with Crippen LogP contribution in [0.3, 0.4) is 0 Å². The standard InChI is InChI=1S/C14H19IN2/c1-14(11-6-7-11)10-17(9-8-16-14)13-5-3-2-4-12(13)15/h2-5,11,16H,6-10H2,1H3. The fourth-order valence-corrected chi connectivity index (χ4v) is 3.64. The van der Waals surface area contributed by atoms with E-state index in [1.165, 1.54) is 22.1 Å². The van der Waals surface area contributed by atoms with Crippen LogP contribution in [0.15, 0.2) is 24.3 Å². The molecule has 92 valence electrons. The van der Waals surface area contributed by atoms with Gasteiger partial charge in [-0.25, -0.2) is 0 Å². The molecule has 1 aromatic rings. The van der Waals surface area contributed by atoms with Crippen molar-refractivity contribution >= 4 is 28.3 Å². The summed E-state index contributed by atoms with van der Waals surface area (Å²) in [7, 11) is 0. The van der Waals surface area contributed by atoms with Crippen LogP contribution in [0.4, 0.5) is 5.69 Å². The molecule has 1 saturated carbocycles. The summed E-state index contributed by atoms with van der Waals surface area (Å²) in [5.74, 6) is 0.895. The highest BCUT2D eigenvalue weighted by molar-refractivity contribution is 14.1. The van der Waals surface area contributed by atoms with Crippen LogP contribution in [0.5, 0.6) is 0 Å². The highest BCUT2D eigenvalue weighted by Crippen LogP contribution is 2.41. The Hall–Kier alpha value is -0.290. The highest BCUT2D eigenvalue weighted by atomic mass is 127. The van der Waals surface area contributed by atoms with Crippen molar-refractivity contribution in [3.8, 4) is 0 Å². The second-order valence-electron chi connectivity index (χ2n) is 5.49. The first kappa shape index (κ1) is 11.8. The largest absolute Gasteiger partial charge is 0.368 e. The van der Waals surface area contributed by atoms with E-state index in [2.05, 4.69) is 64.0 Å². The summed E-state index contributed by atoms with van der Waals surface area (Å²) in [6.45, 7) is 5.78. The highest BCUT2D eigenvalue weighted by Gasteiger charge is 2.44. The van der Waals surface area contributed by atoms with E-state index in [0.717, 1.165) is 25.6 Å². The minimum absolute atomic E-state index is 0.331. The number of nitrogens with zero attached hydrogens (tertiary/aromatic N) is 1. The molecule has 0 spiro atoms. The van der Waals surface area contributed by atoms with E-state index in [1.54, 1.807) is 0 Å². The van der Waals surface area contributed by atoms with Crippen LogP contribution in [-0.2, 0) is 0 Å². The molecule has 1 aliphatic carbocycles. The van der Waals surface area contributed by atoms with Gasteiger partial charge in [0.2, 0.25) is 0 Å². The molecular weight excluding hydrogens is 323 g/mol. The summed E-state index contributed by atoms with van der Waals surface area (Å²) in [5.41, 5.74) is 1.73. The summed E-state index contributed by atoms with van der Waals surface area (Å²) in [6.07, 6.45) is 2.81. The molecule has 2 nitrogen and oxygen atoms in total. The number of nitrogens with one attached hydrogen (secondary N) is 1. The molecule has 3 rings (SSSR count). The maximum absolute atomic E-state index is 3.73. The van der Waals surface area contributed by atoms with Crippen LogP contribution >= 0.6 is 22.6 Å². The molecule has 0 aromatic heterocycles. The van der Waals surface area contributed by atoms with Crippen LogP contribution in [0.2, 0.25) is 0 Å². The summed E-state index contributed by atoms with van der Waals surface area (Å²) >= 11 is 2.45. The molecule has 3 heteroatoms. The number of rotatable bonds is 2. The molecule has 1 saturated heterocycles. The molecule has 1 heterocycles. The third-order valence-corrected chi connectivity index (χ3v) is 5.01. The average Bonchev–Trinajstić information content (AvgIpc) is 3.14. The first-order valence-electron chi connectivity index (χ1n) is 6.43. The zero-order chi connectivity index (χ0) is 11.9. The van der Waals surface area contributed by atoms with Gasteiger partial charge in [0.15, 0.2) is 0 Å². The fraction of sp³-hybridized carbons (Fsp3) is 0.571. The summed E-state index contributed by atoms with van der Waals surface area (Å²) in [4.78, 5) is 2.55. The van der Waals surface area contributed by atoms with Gasteiger partial charge in [-0.05, 0) is 60.4 Å². The van der Waals surface area contributed by atoms with E-state index in [-0.39, 0.29) is 0 Å². The SMILES string of the molecule is CC1(C2CC2)CN(c2ccccc2I)CCN1. The van der Waals surface area contributed by atoms with E-state index in [9.17, 15) is 0 Å². The second-order valence-corrected chi connectivity index (χ2v) is 6.65. The molecule has 17 heavy (non-hydrogen) atoms. The van der Waals surface area contributed by atoms with Crippen molar-refractivity contribution in [2.75, 3.05) is 24.5 Å². The minimum atomic E-state index is 0.331. The maximum atomic E-state index is 3.73. The van der Waals surface area contributed by atoms with Crippen LogP contribution in [0.25, 0.3) is 0 Å². The number of hydrogen-bond donors (Lipinski definition) is 1. The van der Waals surface area contributed by atoms with Crippen LogP contribution in [0.1, 0.15) is 19.8 Å². The Labute approximate surface area is 117 Å². The Morgan fingerprint density at radius 1 is 1.35 bits per heavy atom. The fourth-order valence-electron chi connectivity index (χ4n) is 2.92. The van der Waals surface area contributed by atoms with Gasteiger partial charge in [-0.15, -0.1) is 0 Å². The van der Waals surface area contributed by atoms with Crippen molar-refractivity contribution < 1.29 is 0 Å². The van der Waals surface area contributed by atoms with Gasteiger partial charge >= 0.3 is 0 Å². The van der Waals surface area contributed by atoms with Gasteiger partial charge in [0, 0.05) is 28.7 Å². The van der Waals surface area contributed by atoms with Crippen LogP contribution < -0.4 is 10.2 Å². The third kappa shape index (κ3) is 2.32. The maximum Gasteiger partial charge on any atom is 0.0502 e. The minimum Gasteiger partial charge on any atom is -0.368 e. The lowest BCUT2D eigenvalue weighted by Crippen LogP contribution is -2.60. The molecule has 1 atom stereocenters. The van der Waals surface area contributed by atoms with Crippen molar-refractivity contribution in [2.24, 2.45) is 5.92 Å². The third-order valence-electron chi connectivity index (χ3n) is 4.10. The Kier molecular flexibility index (Phi) is 3.07. The zero-order valence-corrected chi connectivity index (χ0v) is 12.4. The van der Waals surface area contributed by atoms with Gasteiger partial charge in [-0.2, -0.15) is 0 Å². The van der Waals surface area contributed by atoms with Gasteiger partial charge in [-0.3, -0.25) is 0 Å². The van der Waals surface area contributed by atoms with Crippen molar-refractivity contribution in [2.45, 2.75) is 25.3 Å². The van der Waals surface area contributed by atoms with Gasteiger partial charge in [0.1, 0.15) is 0 Å². The lowest BCUT2D eigenvalue weighted by atomic mass is 9.92. The van der Waals surface area contributed by atoms with E-state index >= 15 is 0 Å². The second kappa shape index (κ2) is 4.43. The predicted octanol–water partition coefficient (Wildman–Crippen LogP) is 2.87. The zero-order valence-electron chi connectivity index (χ0n) is 10.2. The lowest BCUT2D eigenvalue weighted by molar-refractivity contribution is 0.285. The van der Waals surface area contributed by atoms with Gasteiger partial charge in [-0.1, -0.05) is 12.1 Å². The predicted molar refractivity (Wildman–Crippen MR) is 80.5 cm³/mol. The Bertz CT molecular complexity index is 416. The lowest BCUT2D eigenvalue weighted by Gasteiger charge is -2.43. The monoisotopic (exact) mass is 342 g/mol. The average molecular weight is 342 g/mol. The van der Waals surface area contributed by atoms with Crippen molar-refractivity contribution in [1.82, 2.24) is 5.32 Å². The molecule has 2 fully saturated rings. The quantitative estimate of drug-likeness (QED) is 0.832. The van der Waals surface area contributed by atoms with E-state index in [4.69, 9.17) is 0 Å². The van der Waals surface area contributed by atoms with E-state index < -0.39 is 0 Å². The van der Waals surface area contributed by atoms with Crippen molar-refractivity contribution in [3.63, 3.8) is 0 Å². The smallest absolute Gasteiger partial charge is 0.0502 e.